The van der Waals surface area contributed by atoms with Crippen molar-refractivity contribution in [3.8, 4) is 11.3 Å². The number of anilines is 2. The van der Waals surface area contributed by atoms with E-state index < -0.39 is 0 Å². The number of nitrogens with zero attached hydrogens (tertiary/aromatic N) is 2. The molecule has 1 aliphatic carbocycles. The van der Waals surface area contributed by atoms with E-state index in [-0.39, 0.29) is 0 Å². The highest BCUT2D eigenvalue weighted by Gasteiger charge is 2.21. The zero-order chi connectivity index (χ0) is 17.0. The Bertz CT molecular complexity index is 966. The van der Waals surface area contributed by atoms with Gasteiger partial charge in [-0.05, 0) is 61.4 Å². The van der Waals surface area contributed by atoms with Crippen molar-refractivity contribution in [2.45, 2.75) is 26.2 Å². The molecule has 1 saturated carbocycles. The third kappa shape index (κ3) is 2.48. The normalized spacial score (nSPS) is 16.1. The molecule has 1 fully saturated rings. The van der Waals surface area contributed by atoms with E-state index >= 15 is 0 Å². The third-order valence-corrected chi connectivity index (χ3v) is 5.76. The number of rotatable bonds is 4. The lowest BCUT2D eigenvalue weighted by Crippen LogP contribution is -2.04. The summed E-state index contributed by atoms with van der Waals surface area (Å²) in [7, 11) is 2.14. The minimum absolute atomic E-state index is 0.853. The second-order valence-electron chi connectivity index (χ2n) is 7.48. The summed E-state index contributed by atoms with van der Waals surface area (Å²) < 4.78 is 2.27. The van der Waals surface area contributed by atoms with Crippen LogP contribution in [-0.2, 0) is 13.5 Å². The third-order valence-electron chi connectivity index (χ3n) is 5.76. The van der Waals surface area contributed by atoms with Crippen molar-refractivity contribution in [2.75, 3.05) is 23.7 Å². The van der Waals surface area contributed by atoms with Crippen molar-refractivity contribution < 1.29 is 0 Å². The van der Waals surface area contributed by atoms with E-state index in [1.807, 2.05) is 6.20 Å². The quantitative estimate of drug-likeness (QED) is 0.747. The van der Waals surface area contributed by atoms with Gasteiger partial charge in [0.25, 0.3) is 0 Å². The van der Waals surface area contributed by atoms with Crippen LogP contribution in [0.1, 0.15) is 24.0 Å². The molecule has 0 unspecified atom stereocenters. The van der Waals surface area contributed by atoms with Gasteiger partial charge in [-0.2, -0.15) is 0 Å². The van der Waals surface area contributed by atoms with Gasteiger partial charge in [-0.3, -0.25) is 0 Å². The predicted molar refractivity (Wildman–Crippen MR) is 104 cm³/mol. The second-order valence-corrected chi connectivity index (χ2v) is 7.48. The first-order valence-corrected chi connectivity index (χ1v) is 9.27. The van der Waals surface area contributed by atoms with Crippen molar-refractivity contribution in [3.63, 3.8) is 0 Å². The predicted octanol–water partition coefficient (Wildman–Crippen LogP) is 4.34. The van der Waals surface area contributed by atoms with Gasteiger partial charge in [-0.15, -0.1) is 0 Å². The highest BCUT2D eigenvalue weighted by Crippen LogP contribution is 2.36. The molecule has 1 aliphatic heterocycles. The number of pyridine rings is 1. The fraction of sp³-hybridized carbons (Fsp3) is 0.381. The van der Waals surface area contributed by atoms with E-state index in [0.29, 0.717) is 0 Å². The fourth-order valence-corrected chi connectivity index (χ4v) is 4.00. The molecule has 0 radical (unpaired) electrons. The fourth-order valence-electron chi connectivity index (χ4n) is 4.00. The summed E-state index contributed by atoms with van der Waals surface area (Å²) >= 11 is 0. The van der Waals surface area contributed by atoms with E-state index in [4.69, 9.17) is 0 Å². The molecule has 0 bridgehead atoms. The maximum Gasteiger partial charge on any atom is 0.126 e. The first-order chi connectivity index (χ1) is 12.2. The lowest BCUT2D eigenvalue weighted by atomic mass is 9.98. The highest BCUT2D eigenvalue weighted by molar-refractivity contribution is 5.89. The Kier molecular flexibility index (Phi) is 3.27. The first kappa shape index (κ1) is 14.8. The molecule has 128 valence electrons. The van der Waals surface area contributed by atoms with Crippen LogP contribution in [0.15, 0.2) is 30.5 Å². The Hall–Kier alpha value is -2.49. The van der Waals surface area contributed by atoms with Gasteiger partial charge in [0.2, 0.25) is 0 Å². The summed E-state index contributed by atoms with van der Waals surface area (Å²) in [5, 5.41) is 8.21. The summed E-state index contributed by atoms with van der Waals surface area (Å²) in [4.78, 5) is 4.61. The number of aryl methyl sites for hydroxylation is 1. The molecule has 1 aromatic carbocycles. The van der Waals surface area contributed by atoms with Crippen LogP contribution in [0.4, 0.5) is 11.5 Å². The van der Waals surface area contributed by atoms with Gasteiger partial charge in [-0.1, -0.05) is 6.07 Å². The number of nitrogens with one attached hydrogen (secondary N) is 2. The van der Waals surface area contributed by atoms with Gasteiger partial charge in [0.05, 0.1) is 11.7 Å². The number of benzene rings is 1. The lowest BCUT2D eigenvalue weighted by Gasteiger charge is -2.12. The molecule has 3 heterocycles. The molecule has 0 saturated heterocycles. The average molecular weight is 332 g/mol. The van der Waals surface area contributed by atoms with E-state index in [9.17, 15) is 0 Å². The van der Waals surface area contributed by atoms with Gasteiger partial charge >= 0.3 is 0 Å². The molecular weight excluding hydrogens is 308 g/mol. The Morgan fingerprint density at radius 2 is 2.16 bits per heavy atom. The van der Waals surface area contributed by atoms with E-state index in [1.165, 1.54) is 51.8 Å². The molecule has 0 spiro atoms. The van der Waals surface area contributed by atoms with Gasteiger partial charge in [0.1, 0.15) is 5.82 Å². The molecule has 5 rings (SSSR count). The molecule has 0 amide bonds. The standard InChI is InChI=1S/C21H24N4/c1-13-16-7-8-22-18(16)6-5-17(13)19-9-15-10-21(23-11-14-3-4-14)24-12-20(15)25(19)2/h5-6,9-10,12,14,22H,3-4,7-8,11H2,1-2H3,(H,23,24). The molecule has 25 heavy (non-hydrogen) atoms. The van der Waals surface area contributed by atoms with E-state index in [0.717, 1.165) is 31.2 Å². The van der Waals surface area contributed by atoms with Gasteiger partial charge in [-0.25, -0.2) is 4.98 Å². The Morgan fingerprint density at radius 1 is 1.28 bits per heavy atom. The summed E-state index contributed by atoms with van der Waals surface area (Å²) in [6, 6.07) is 8.96. The number of hydrogen-bond acceptors (Lipinski definition) is 3. The van der Waals surface area contributed by atoms with Gasteiger partial charge < -0.3 is 15.2 Å². The number of aromatic nitrogens is 2. The minimum atomic E-state index is 0.853. The molecule has 0 atom stereocenters. The van der Waals surface area contributed by atoms with Crippen molar-refractivity contribution >= 4 is 22.4 Å². The molecule has 2 aromatic heterocycles. The number of hydrogen-bond donors (Lipinski definition) is 2. The number of fused-ring (bicyclic) bond motifs is 2. The Labute approximate surface area is 148 Å². The van der Waals surface area contributed by atoms with Crippen LogP contribution < -0.4 is 10.6 Å². The van der Waals surface area contributed by atoms with Crippen LogP contribution in [0, 0.1) is 12.8 Å². The maximum absolute atomic E-state index is 4.61. The van der Waals surface area contributed by atoms with Crippen molar-refractivity contribution in [3.05, 3.63) is 41.6 Å². The molecule has 3 aromatic rings. The SMILES string of the molecule is Cc1c(-c2cc3cc(NCC4CC4)ncc3n2C)ccc2c1CCN2. The van der Waals surface area contributed by atoms with Crippen molar-refractivity contribution in [1.29, 1.82) is 0 Å². The molecule has 4 nitrogen and oxygen atoms in total. The second kappa shape index (κ2) is 5.51. The summed E-state index contributed by atoms with van der Waals surface area (Å²) in [6.45, 7) is 4.35. The zero-order valence-electron chi connectivity index (χ0n) is 14.9. The van der Waals surface area contributed by atoms with E-state index in [2.05, 4.69) is 58.4 Å². The van der Waals surface area contributed by atoms with Crippen LogP contribution >= 0.6 is 0 Å². The minimum Gasteiger partial charge on any atom is -0.384 e. The van der Waals surface area contributed by atoms with Gasteiger partial charge in [0.15, 0.2) is 0 Å². The molecule has 2 N–H and O–H groups in total. The van der Waals surface area contributed by atoms with Crippen molar-refractivity contribution in [2.24, 2.45) is 13.0 Å². The van der Waals surface area contributed by atoms with E-state index in [1.54, 1.807) is 0 Å². The van der Waals surface area contributed by atoms with Crippen LogP contribution in [0.2, 0.25) is 0 Å². The van der Waals surface area contributed by atoms with Gasteiger partial charge in [0, 0.05) is 42.5 Å². The topological polar surface area (TPSA) is 41.9 Å². The average Bonchev–Trinajstić information content (AvgIpc) is 3.22. The lowest BCUT2D eigenvalue weighted by molar-refractivity contribution is 0.883. The monoisotopic (exact) mass is 332 g/mol. The molecular formula is C21H24N4. The van der Waals surface area contributed by atoms with Crippen LogP contribution in [0.25, 0.3) is 22.2 Å². The maximum atomic E-state index is 4.61. The summed E-state index contributed by atoms with van der Waals surface area (Å²) in [5.41, 5.74) is 7.94. The Balaban J connectivity index is 1.56. The first-order valence-electron chi connectivity index (χ1n) is 9.27. The Morgan fingerprint density at radius 3 is 3.00 bits per heavy atom. The summed E-state index contributed by atoms with van der Waals surface area (Å²) in [5.74, 6) is 1.85. The van der Waals surface area contributed by atoms with Crippen LogP contribution in [0.5, 0.6) is 0 Å². The van der Waals surface area contributed by atoms with Crippen molar-refractivity contribution in [1.82, 2.24) is 9.55 Å². The molecule has 2 aliphatic rings. The zero-order valence-corrected chi connectivity index (χ0v) is 14.9. The smallest absolute Gasteiger partial charge is 0.126 e. The van der Waals surface area contributed by atoms with Crippen LogP contribution in [0.3, 0.4) is 0 Å². The van der Waals surface area contributed by atoms with Crippen LogP contribution in [-0.4, -0.2) is 22.6 Å². The summed E-state index contributed by atoms with van der Waals surface area (Å²) in [6.07, 6.45) is 5.84. The molecule has 4 heteroatoms. The largest absolute Gasteiger partial charge is 0.384 e. The highest BCUT2D eigenvalue weighted by atomic mass is 15.0.